The van der Waals surface area contributed by atoms with Gasteiger partial charge < -0.3 is 9.30 Å². The van der Waals surface area contributed by atoms with E-state index in [4.69, 9.17) is 14.7 Å². The third-order valence-corrected chi connectivity index (χ3v) is 5.35. The van der Waals surface area contributed by atoms with Crippen LogP contribution in [-0.4, -0.2) is 21.1 Å². The number of benzene rings is 3. The fourth-order valence-electron chi connectivity index (χ4n) is 3.98. The average molecular weight is 381 g/mol. The van der Waals surface area contributed by atoms with Crippen molar-refractivity contribution < 1.29 is 4.74 Å². The predicted molar refractivity (Wildman–Crippen MR) is 118 cm³/mol. The maximum atomic E-state index is 5.89. The Labute approximate surface area is 169 Å². The lowest BCUT2D eigenvalue weighted by atomic mass is 10.1. The van der Waals surface area contributed by atoms with Gasteiger partial charge in [-0.2, -0.15) is 0 Å². The molecule has 0 aliphatic carbocycles. The van der Waals surface area contributed by atoms with E-state index in [9.17, 15) is 0 Å². The van der Waals surface area contributed by atoms with Crippen molar-refractivity contribution >= 4 is 33.1 Å². The van der Waals surface area contributed by atoms with Crippen molar-refractivity contribution in [2.75, 3.05) is 6.61 Å². The Kier molecular flexibility index (Phi) is 4.70. The molecule has 0 N–H and O–H groups in total. The third-order valence-electron chi connectivity index (χ3n) is 5.35. The second kappa shape index (κ2) is 7.64. The van der Waals surface area contributed by atoms with Gasteiger partial charge in [0.15, 0.2) is 5.65 Å². The van der Waals surface area contributed by atoms with Crippen LogP contribution in [0.3, 0.4) is 0 Å². The van der Waals surface area contributed by atoms with Crippen molar-refractivity contribution in [3.63, 3.8) is 0 Å². The highest BCUT2D eigenvalue weighted by molar-refractivity contribution is 6.07. The molecular formula is C25H23N3O. The van der Waals surface area contributed by atoms with Gasteiger partial charge in [-0.1, -0.05) is 60.7 Å². The van der Waals surface area contributed by atoms with E-state index < -0.39 is 0 Å². The van der Waals surface area contributed by atoms with E-state index in [0.717, 1.165) is 35.2 Å². The highest BCUT2D eigenvalue weighted by atomic mass is 16.5. The van der Waals surface area contributed by atoms with Crippen LogP contribution in [0.15, 0.2) is 72.8 Å². The van der Waals surface area contributed by atoms with Crippen molar-refractivity contribution in [2.24, 2.45) is 0 Å². The summed E-state index contributed by atoms with van der Waals surface area (Å²) in [5.74, 6) is 0. The first kappa shape index (κ1) is 17.8. The quantitative estimate of drug-likeness (QED) is 0.357. The number of aromatic nitrogens is 3. The second-order valence-electron chi connectivity index (χ2n) is 7.40. The number of hydrogen-bond acceptors (Lipinski definition) is 3. The van der Waals surface area contributed by atoms with Gasteiger partial charge in [0.1, 0.15) is 5.52 Å². The molecule has 29 heavy (non-hydrogen) atoms. The molecule has 0 radical (unpaired) electrons. The summed E-state index contributed by atoms with van der Waals surface area (Å²) in [7, 11) is 0. The highest BCUT2D eigenvalue weighted by Gasteiger charge is 2.15. The third kappa shape index (κ3) is 3.36. The van der Waals surface area contributed by atoms with E-state index in [1.165, 1.54) is 22.0 Å². The van der Waals surface area contributed by atoms with E-state index in [-0.39, 0.29) is 0 Å². The first-order chi connectivity index (χ1) is 14.3. The smallest absolute Gasteiger partial charge is 0.160 e. The lowest BCUT2D eigenvalue weighted by Crippen LogP contribution is -2.04. The molecule has 144 valence electrons. The summed E-state index contributed by atoms with van der Waals surface area (Å²) >= 11 is 0. The van der Waals surface area contributed by atoms with E-state index in [1.54, 1.807) is 0 Å². The van der Waals surface area contributed by atoms with Crippen molar-refractivity contribution in [2.45, 2.75) is 26.5 Å². The maximum Gasteiger partial charge on any atom is 0.160 e. The molecule has 2 aromatic heterocycles. The SMILES string of the molecule is Cc1cccc2c3nc4ccccc4nc3n(CCCOCc3ccccc3)c12. The number of hydrogen-bond donors (Lipinski definition) is 0. The molecule has 0 saturated heterocycles. The second-order valence-corrected chi connectivity index (χ2v) is 7.40. The van der Waals surface area contributed by atoms with Gasteiger partial charge in [-0.15, -0.1) is 0 Å². The number of nitrogens with zero attached hydrogens (tertiary/aromatic N) is 3. The predicted octanol–water partition coefficient (Wildman–Crippen LogP) is 5.65. The Morgan fingerprint density at radius 3 is 2.41 bits per heavy atom. The zero-order chi connectivity index (χ0) is 19.6. The van der Waals surface area contributed by atoms with Crippen molar-refractivity contribution in [1.29, 1.82) is 0 Å². The van der Waals surface area contributed by atoms with Crippen LogP contribution in [0.25, 0.3) is 33.1 Å². The minimum absolute atomic E-state index is 0.650. The molecule has 2 heterocycles. The molecule has 3 aromatic carbocycles. The van der Waals surface area contributed by atoms with Gasteiger partial charge >= 0.3 is 0 Å². The lowest BCUT2D eigenvalue weighted by Gasteiger charge is -2.09. The summed E-state index contributed by atoms with van der Waals surface area (Å²) in [6.45, 7) is 4.37. The Bertz CT molecular complexity index is 1290. The summed E-state index contributed by atoms with van der Waals surface area (Å²) in [4.78, 5) is 9.90. The summed E-state index contributed by atoms with van der Waals surface area (Å²) in [6, 6.07) is 24.8. The number of aryl methyl sites for hydroxylation is 2. The molecule has 0 unspecified atom stereocenters. The van der Waals surface area contributed by atoms with Gasteiger partial charge in [-0.05, 0) is 36.6 Å². The summed E-state index contributed by atoms with van der Waals surface area (Å²) in [6.07, 6.45) is 0.925. The van der Waals surface area contributed by atoms with E-state index in [2.05, 4.69) is 41.8 Å². The van der Waals surface area contributed by atoms with Crippen molar-refractivity contribution in [3.05, 3.63) is 83.9 Å². The van der Waals surface area contributed by atoms with E-state index in [0.29, 0.717) is 13.2 Å². The Morgan fingerprint density at radius 2 is 1.59 bits per heavy atom. The summed E-state index contributed by atoms with van der Waals surface area (Å²) < 4.78 is 8.20. The zero-order valence-electron chi connectivity index (χ0n) is 16.5. The van der Waals surface area contributed by atoms with Gasteiger partial charge in [-0.25, -0.2) is 9.97 Å². The normalized spacial score (nSPS) is 11.6. The van der Waals surface area contributed by atoms with Crippen LogP contribution in [0.4, 0.5) is 0 Å². The molecule has 0 aliphatic heterocycles. The van der Waals surface area contributed by atoms with Gasteiger partial charge in [0.05, 0.1) is 23.2 Å². The van der Waals surface area contributed by atoms with Crippen LogP contribution in [0, 0.1) is 6.92 Å². The zero-order valence-corrected chi connectivity index (χ0v) is 16.5. The fraction of sp³-hybridized carbons (Fsp3) is 0.200. The number of fused-ring (bicyclic) bond motifs is 4. The minimum Gasteiger partial charge on any atom is -0.377 e. The molecule has 5 aromatic rings. The van der Waals surface area contributed by atoms with Crippen molar-refractivity contribution in [3.8, 4) is 0 Å². The topological polar surface area (TPSA) is 39.9 Å². The van der Waals surface area contributed by atoms with Crippen LogP contribution in [0.2, 0.25) is 0 Å². The first-order valence-electron chi connectivity index (χ1n) is 10.1. The average Bonchev–Trinajstić information content (AvgIpc) is 3.07. The largest absolute Gasteiger partial charge is 0.377 e. The monoisotopic (exact) mass is 381 g/mol. The maximum absolute atomic E-state index is 5.89. The van der Waals surface area contributed by atoms with Gasteiger partial charge in [0.2, 0.25) is 0 Å². The van der Waals surface area contributed by atoms with E-state index >= 15 is 0 Å². The van der Waals surface area contributed by atoms with Gasteiger partial charge in [0.25, 0.3) is 0 Å². The summed E-state index contributed by atoms with van der Waals surface area (Å²) in [5, 5.41) is 1.17. The molecule has 0 saturated carbocycles. The summed E-state index contributed by atoms with van der Waals surface area (Å²) in [5.41, 5.74) is 7.48. The Balaban J connectivity index is 1.45. The molecule has 5 rings (SSSR count). The fourth-order valence-corrected chi connectivity index (χ4v) is 3.98. The van der Waals surface area contributed by atoms with Crippen LogP contribution in [-0.2, 0) is 17.9 Å². The minimum atomic E-state index is 0.650. The van der Waals surface area contributed by atoms with Gasteiger partial charge in [0, 0.05) is 18.5 Å². The first-order valence-corrected chi connectivity index (χ1v) is 10.1. The molecular weight excluding hydrogens is 358 g/mol. The molecule has 4 nitrogen and oxygen atoms in total. The van der Waals surface area contributed by atoms with Crippen LogP contribution in [0.5, 0.6) is 0 Å². The molecule has 0 bridgehead atoms. The number of ether oxygens (including phenoxy) is 1. The van der Waals surface area contributed by atoms with E-state index in [1.807, 2.05) is 42.5 Å². The molecule has 0 amide bonds. The molecule has 0 spiro atoms. The molecule has 4 heteroatoms. The standard InChI is InChI=1S/C25H23N3O/c1-18-9-7-12-20-23-25(27-22-14-6-5-13-21(22)26-23)28(24(18)20)15-8-16-29-17-19-10-3-2-4-11-19/h2-7,9-14H,8,15-17H2,1H3. The lowest BCUT2D eigenvalue weighted by molar-refractivity contribution is 0.116. The van der Waals surface area contributed by atoms with Crippen molar-refractivity contribution in [1.82, 2.24) is 14.5 Å². The Morgan fingerprint density at radius 1 is 0.828 bits per heavy atom. The van der Waals surface area contributed by atoms with Gasteiger partial charge in [-0.3, -0.25) is 0 Å². The molecule has 0 fully saturated rings. The van der Waals surface area contributed by atoms with Crippen LogP contribution >= 0.6 is 0 Å². The Hall–Kier alpha value is -3.24. The number of rotatable bonds is 6. The molecule has 0 atom stereocenters. The number of para-hydroxylation sites is 3. The molecule has 0 aliphatic rings. The van der Waals surface area contributed by atoms with Crippen LogP contribution < -0.4 is 0 Å². The van der Waals surface area contributed by atoms with Crippen LogP contribution in [0.1, 0.15) is 17.5 Å². The highest BCUT2D eigenvalue weighted by Crippen LogP contribution is 2.30.